The Morgan fingerprint density at radius 2 is 1.40 bits per heavy atom. The number of carbonyl (C=O) groups is 1. The van der Waals surface area contributed by atoms with Crippen molar-refractivity contribution in [2.24, 2.45) is 0 Å². The molecule has 20 heavy (non-hydrogen) atoms. The van der Waals surface area contributed by atoms with E-state index in [1.807, 2.05) is 0 Å². The molecule has 0 aromatic heterocycles. The Hall–Kier alpha value is -1.62. The molecule has 0 aliphatic carbocycles. The molecule has 0 spiro atoms. The van der Waals surface area contributed by atoms with Crippen LogP contribution in [-0.2, 0) is 11.2 Å². The van der Waals surface area contributed by atoms with Crippen LogP contribution in [0.3, 0.4) is 0 Å². The molecule has 0 unspecified atom stereocenters. The first-order chi connectivity index (χ1) is 9.83. The number of benzene rings is 1. The number of hydrogen-bond acceptors (Lipinski definition) is 2. The number of hydrogen-bond donors (Lipinski definition) is 0. The highest BCUT2D eigenvalue weighted by Gasteiger charge is 1.98. The zero-order valence-electron chi connectivity index (χ0n) is 12.3. The van der Waals surface area contributed by atoms with Gasteiger partial charge in [-0.1, -0.05) is 68.9 Å². The monoisotopic (exact) mass is 271 g/mol. The number of carbonyl (C=O) groups excluding carboxylic acids is 1. The molecule has 2 heteroatoms. The fraction of sp³-hybridized carbons (Fsp3) is 0.556. The third-order valence-electron chi connectivity index (χ3n) is 3.59. The predicted molar refractivity (Wildman–Crippen MR) is 82.3 cm³/mol. The lowest BCUT2D eigenvalue weighted by Crippen LogP contribution is -1.92. The van der Waals surface area contributed by atoms with E-state index in [-0.39, 0.29) is 5.78 Å². The summed E-state index contributed by atoms with van der Waals surface area (Å²) in [7, 11) is 0. The van der Waals surface area contributed by atoms with Crippen LogP contribution in [0.4, 0.5) is 0 Å². The zero-order valence-corrected chi connectivity index (χ0v) is 12.3. The second-order valence-electron chi connectivity index (χ2n) is 5.35. The molecule has 2 nitrogen and oxygen atoms in total. The van der Waals surface area contributed by atoms with Gasteiger partial charge >= 0.3 is 0 Å². The van der Waals surface area contributed by atoms with E-state index in [9.17, 15) is 4.79 Å². The lowest BCUT2D eigenvalue weighted by molar-refractivity contribution is -0.114. The number of unbranched alkanes of at least 4 members (excludes halogenated alkanes) is 7. The number of aryl methyl sites for hydroxylation is 1. The van der Waals surface area contributed by atoms with E-state index in [0.717, 1.165) is 12.8 Å². The molecule has 0 saturated carbocycles. The van der Waals surface area contributed by atoms with Crippen LogP contribution >= 0.6 is 0 Å². The molecule has 0 atom stereocenters. The summed E-state index contributed by atoms with van der Waals surface area (Å²) in [6, 6.07) is 12.3. The molecular weight excluding hydrogens is 246 g/mol. The van der Waals surface area contributed by atoms with Gasteiger partial charge < -0.3 is 0 Å². The van der Waals surface area contributed by atoms with Crippen LogP contribution in [0.2, 0.25) is 0 Å². The Balaban J connectivity index is 1.83. The van der Waals surface area contributed by atoms with Gasteiger partial charge in [0, 0.05) is 6.42 Å². The summed E-state index contributed by atoms with van der Waals surface area (Å²) in [6.07, 6.45) is 11.2. The molecule has 1 aromatic carbocycles. The second kappa shape index (κ2) is 11.2. The van der Waals surface area contributed by atoms with Gasteiger partial charge in [0.15, 0.2) is 0 Å². The van der Waals surface area contributed by atoms with E-state index in [1.54, 1.807) is 6.07 Å². The van der Waals surface area contributed by atoms with Gasteiger partial charge in [0.2, 0.25) is 5.78 Å². The average molecular weight is 271 g/mol. The zero-order chi connectivity index (χ0) is 14.5. The van der Waals surface area contributed by atoms with Crippen LogP contribution in [0.15, 0.2) is 30.3 Å². The van der Waals surface area contributed by atoms with Gasteiger partial charge in [-0.2, -0.15) is 5.26 Å². The van der Waals surface area contributed by atoms with Crippen molar-refractivity contribution in [3.63, 3.8) is 0 Å². The quantitative estimate of drug-likeness (QED) is 0.427. The number of Topliss-reactive ketones (excluding diaryl/α,β-unsaturated/α-hetero) is 1. The summed E-state index contributed by atoms with van der Waals surface area (Å²) < 4.78 is 0. The van der Waals surface area contributed by atoms with Crippen LogP contribution in [0.25, 0.3) is 0 Å². The Kier molecular flexibility index (Phi) is 9.23. The largest absolute Gasteiger partial charge is 0.283 e. The summed E-state index contributed by atoms with van der Waals surface area (Å²) >= 11 is 0. The van der Waals surface area contributed by atoms with Crippen LogP contribution in [0.5, 0.6) is 0 Å². The molecule has 0 bridgehead atoms. The van der Waals surface area contributed by atoms with Gasteiger partial charge in [-0.15, -0.1) is 0 Å². The van der Waals surface area contributed by atoms with Crippen molar-refractivity contribution < 1.29 is 4.79 Å². The number of ketones is 1. The van der Waals surface area contributed by atoms with Crippen molar-refractivity contribution in [2.75, 3.05) is 0 Å². The third kappa shape index (κ3) is 8.48. The summed E-state index contributed by atoms with van der Waals surface area (Å²) in [4.78, 5) is 10.8. The van der Waals surface area contributed by atoms with Gasteiger partial charge in [0.25, 0.3) is 0 Å². The normalized spacial score (nSPS) is 10.2. The minimum atomic E-state index is -0.272. The highest BCUT2D eigenvalue weighted by atomic mass is 16.1. The van der Waals surface area contributed by atoms with Crippen molar-refractivity contribution in [3.05, 3.63) is 35.9 Å². The van der Waals surface area contributed by atoms with Gasteiger partial charge in [-0.3, -0.25) is 4.79 Å². The Labute approximate surface area is 122 Å². The molecule has 0 aliphatic rings. The van der Waals surface area contributed by atoms with Gasteiger partial charge in [0.05, 0.1) is 0 Å². The molecule has 0 radical (unpaired) electrons. The second-order valence-corrected chi connectivity index (χ2v) is 5.35. The van der Waals surface area contributed by atoms with Crippen LogP contribution in [0, 0.1) is 11.3 Å². The molecule has 1 aromatic rings. The van der Waals surface area contributed by atoms with Gasteiger partial charge in [-0.25, -0.2) is 0 Å². The molecule has 108 valence electrons. The highest BCUT2D eigenvalue weighted by molar-refractivity contribution is 5.93. The van der Waals surface area contributed by atoms with Crippen molar-refractivity contribution in [1.29, 1.82) is 5.26 Å². The van der Waals surface area contributed by atoms with Crippen molar-refractivity contribution in [1.82, 2.24) is 0 Å². The number of nitriles is 1. The minimum absolute atomic E-state index is 0.272. The average Bonchev–Trinajstić information content (AvgIpc) is 2.50. The van der Waals surface area contributed by atoms with Crippen molar-refractivity contribution in [2.45, 2.75) is 64.2 Å². The molecule has 0 heterocycles. The fourth-order valence-corrected chi connectivity index (χ4v) is 2.38. The van der Waals surface area contributed by atoms with E-state index in [2.05, 4.69) is 30.3 Å². The van der Waals surface area contributed by atoms with Gasteiger partial charge in [-0.05, 0) is 24.8 Å². The van der Waals surface area contributed by atoms with Crippen LogP contribution in [0.1, 0.15) is 63.4 Å². The summed E-state index contributed by atoms with van der Waals surface area (Å²) in [5.74, 6) is -0.272. The minimum Gasteiger partial charge on any atom is -0.283 e. The Morgan fingerprint density at radius 3 is 2.00 bits per heavy atom. The molecule has 1 rings (SSSR count). The standard InChI is InChI=1S/C18H25NO/c19-16-18(20)15-11-6-4-2-1-3-5-8-12-17-13-9-7-10-14-17/h7,9-10,13-14H,1-6,8,11-12,15H2. The highest BCUT2D eigenvalue weighted by Crippen LogP contribution is 2.11. The maximum Gasteiger partial charge on any atom is 0.231 e. The van der Waals surface area contributed by atoms with E-state index in [4.69, 9.17) is 5.26 Å². The molecule has 0 N–H and O–H groups in total. The topological polar surface area (TPSA) is 40.9 Å². The first-order valence-electron chi connectivity index (χ1n) is 7.80. The summed E-state index contributed by atoms with van der Waals surface area (Å²) in [5, 5.41) is 8.34. The molecule has 0 aliphatic heterocycles. The summed E-state index contributed by atoms with van der Waals surface area (Å²) in [6.45, 7) is 0. The van der Waals surface area contributed by atoms with E-state index in [0.29, 0.717) is 6.42 Å². The smallest absolute Gasteiger partial charge is 0.231 e. The van der Waals surface area contributed by atoms with Crippen LogP contribution < -0.4 is 0 Å². The summed E-state index contributed by atoms with van der Waals surface area (Å²) in [5.41, 5.74) is 1.44. The fourth-order valence-electron chi connectivity index (χ4n) is 2.38. The number of nitrogens with zero attached hydrogens (tertiary/aromatic N) is 1. The predicted octanol–water partition coefficient (Wildman–Crippen LogP) is 4.83. The first-order valence-corrected chi connectivity index (χ1v) is 7.80. The third-order valence-corrected chi connectivity index (χ3v) is 3.59. The Morgan fingerprint density at radius 1 is 0.850 bits per heavy atom. The van der Waals surface area contributed by atoms with E-state index >= 15 is 0 Å². The van der Waals surface area contributed by atoms with Crippen molar-refractivity contribution in [3.8, 4) is 6.07 Å². The lowest BCUT2D eigenvalue weighted by Gasteiger charge is -2.02. The van der Waals surface area contributed by atoms with Crippen LogP contribution in [-0.4, -0.2) is 5.78 Å². The lowest BCUT2D eigenvalue weighted by atomic mass is 10.0. The van der Waals surface area contributed by atoms with E-state index < -0.39 is 0 Å². The Bertz CT molecular complexity index is 405. The SMILES string of the molecule is N#CC(=O)CCCCCCCCCCc1ccccc1. The number of rotatable bonds is 11. The molecular formula is C18H25NO. The molecule has 0 fully saturated rings. The maximum absolute atomic E-state index is 10.8. The molecule has 0 amide bonds. The van der Waals surface area contributed by atoms with Crippen molar-refractivity contribution >= 4 is 5.78 Å². The van der Waals surface area contributed by atoms with Gasteiger partial charge in [0.1, 0.15) is 6.07 Å². The maximum atomic E-state index is 10.8. The van der Waals surface area contributed by atoms with E-state index in [1.165, 1.54) is 50.5 Å². The molecule has 0 saturated heterocycles. The first kappa shape index (κ1) is 16.4.